The predicted octanol–water partition coefficient (Wildman–Crippen LogP) is 1.01. The van der Waals surface area contributed by atoms with Crippen molar-refractivity contribution in [2.45, 2.75) is 6.92 Å². The zero-order chi connectivity index (χ0) is 9.97. The molecule has 0 saturated carbocycles. The van der Waals surface area contributed by atoms with Crippen LogP contribution in [0.5, 0.6) is 0 Å². The first-order valence-corrected chi connectivity index (χ1v) is 4.32. The van der Waals surface area contributed by atoms with Crippen molar-refractivity contribution >= 4 is 5.95 Å². The number of aryl methyl sites for hydroxylation is 1. The highest BCUT2D eigenvalue weighted by Crippen LogP contribution is 2.10. The maximum absolute atomic E-state index is 4.31. The van der Waals surface area contributed by atoms with Gasteiger partial charge in [0, 0.05) is 31.2 Å². The Balaban J connectivity index is 2.51. The lowest BCUT2D eigenvalue weighted by Gasteiger charge is -2.05. The van der Waals surface area contributed by atoms with Crippen molar-refractivity contribution in [3.8, 4) is 5.82 Å². The number of nitrogens with one attached hydrogen (secondary N) is 1. The van der Waals surface area contributed by atoms with Crippen LogP contribution >= 0.6 is 0 Å². The molecule has 2 aromatic rings. The summed E-state index contributed by atoms with van der Waals surface area (Å²) in [5, 5.41) is 7.01. The minimum absolute atomic E-state index is 0.598. The molecule has 2 heterocycles. The van der Waals surface area contributed by atoms with Crippen LogP contribution in [0, 0.1) is 6.92 Å². The molecular weight excluding hydrogens is 178 g/mol. The van der Waals surface area contributed by atoms with Gasteiger partial charge in [0.2, 0.25) is 5.95 Å². The van der Waals surface area contributed by atoms with E-state index in [1.165, 1.54) is 0 Å². The van der Waals surface area contributed by atoms with Crippen molar-refractivity contribution in [3.63, 3.8) is 0 Å². The summed E-state index contributed by atoms with van der Waals surface area (Å²) in [4.78, 5) is 8.42. The lowest BCUT2D eigenvalue weighted by molar-refractivity contribution is 0.831. The van der Waals surface area contributed by atoms with Crippen molar-refractivity contribution in [2.75, 3.05) is 12.4 Å². The molecule has 1 N–H and O–H groups in total. The monoisotopic (exact) mass is 189 g/mol. The van der Waals surface area contributed by atoms with E-state index in [2.05, 4.69) is 20.4 Å². The van der Waals surface area contributed by atoms with E-state index in [9.17, 15) is 0 Å². The van der Waals surface area contributed by atoms with Crippen LogP contribution in [-0.4, -0.2) is 26.8 Å². The second kappa shape index (κ2) is 3.45. The summed E-state index contributed by atoms with van der Waals surface area (Å²) in [6, 6.07) is 1.86. The third kappa shape index (κ3) is 1.44. The molecule has 5 nitrogen and oxygen atoms in total. The van der Waals surface area contributed by atoms with Gasteiger partial charge in [0.1, 0.15) is 0 Å². The summed E-state index contributed by atoms with van der Waals surface area (Å²) in [5.74, 6) is 1.40. The van der Waals surface area contributed by atoms with Gasteiger partial charge in [-0.3, -0.25) is 0 Å². The van der Waals surface area contributed by atoms with Crippen molar-refractivity contribution in [1.82, 2.24) is 19.7 Å². The quantitative estimate of drug-likeness (QED) is 0.766. The molecule has 72 valence electrons. The Morgan fingerprint density at radius 3 is 2.93 bits per heavy atom. The summed E-state index contributed by atoms with van der Waals surface area (Å²) < 4.78 is 1.72. The van der Waals surface area contributed by atoms with Crippen molar-refractivity contribution in [3.05, 3.63) is 30.2 Å². The minimum atomic E-state index is 0.598. The Bertz CT molecular complexity index is 421. The van der Waals surface area contributed by atoms with E-state index >= 15 is 0 Å². The molecule has 0 spiro atoms. The number of rotatable bonds is 2. The van der Waals surface area contributed by atoms with Gasteiger partial charge in [0.25, 0.3) is 0 Å². The number of aromatic nitrogens is 4. The third-order valence-corrected chi connectivity index (χ3v) is 1.89. The van der Waals surface area contributed by atoms with Crippen molar-refractivity contribution in [2.24, 2.45) is 0 Å². The highest BCUT2D eigenvalue weighted by molar-refractivity contribution is 5.36. The molecule has 0 fully saturated rings. The molecule has 0 aliphatic rings. The summed E-state index contributed by atoms with van der Waals surface area (Å²) in [6.07, 6.45) is 5.35. The zero-order valence-electron chi connectivity index (χ0n) is 8.10. The Hall–Kier alpha value is -1.91. The molecule has 0 aliphatic carbocycles. The molecule has 5 heteroatoms. The van der Waals surface area contributed by atoms with E-state index in [-0.39, 0.29) is 0 Å². The fraction of sp³-hybridized carbons (Fsp3) is 0.222. The fourth-order valence-corrected chi connectivity index (χ4v) is 1.18. The fourth-order valence-electron chi connectivity index (χ4n) is 1.18. The third-order valence-electron chi connectivity index (χ3n) is 1.89. The van der Waals surface area contributed by atoms with E-state index < -0.39 is 0 Å². The summed E-state index contributed by atoms with van der Waals surface area (Å²) in [7, 11) is 1.79. The lowest BCUT2D eigenvalue weighted by Crippen LogP contribution is -2.05. The predicted molar refractivity (Wildman–Crippen MR) is 53.4 cm³/mol. The Morgan fingerprint density at radius 2 is 2.29 bits per heavy atom. The lowest BCUT2D eigenvalue weighted by atomic mass is 10.3. The highest BCUT2D eigenvalue weighted by atomic mass is 15.3. The van der Waals surface area contributed by atoms with Gasteiger partial charge >= 0.3 is 0 Å². The standard InChI is InChI=1S/C9H11N5/c1-7-6-11-9(10-2)13-8(7)14-5-3-4-12-14/h3-6H,1-2H3,(H,10,11,13). The largest absolute Gasteiger partial charge is 0.357 e. The van der Waals surface area contributed by atoms with Crippen LogP contribution in [0.15, 0.2) is 24.7 Å². The molecule has 0 saturated heterocycles. The second-order valence-electron chi connectivity index (χ2n) is 2.90. The molecule has 0 aliphatic heterocycles. The van der Waals surface area contributed by atoms with Crippen LogP contribution < -0.4 is 5.32 Å². The van der Waals surface area contributed by atoms with Gasteiger partial charge in [-0.1, -0.05) is 0 Å². The van der Waals surface area contributed by atoms with E-state index in [0.717, 1.165) is 11.4 Å². The average Bonchev–Trinajstić information content (AvgIpc) is 2.71. The van der Waals surface area contributed by atoms with Crippen LogP contribution in [0.1, 0.15) is 5.56 Å². The van der Waals surface area contributed by atoms with E-state index in [1.807, 2.05) is 19.2 Å². The normalized spacial score (nSPS) is 10.1. The SMILES string of the molecule is CNc1ncc(C)c(-n2cccn2)n1. The summed E-state index contributed by atoms with van der Waals surface area (Å²) in [6.45, 7) is 1.95. The molecule has 2 rings (SSSR count). The van der Waals surface area contributed by atoms with Crippen molar-refractivity contribution in [1.29, 1.82) is 0 Å². The molecule has 2 aromatic heterocycles. The van der Waals surface area contributed by atoms with Crippen LogP contribution in [0.4, 0.5) is 5.95 Å². The maximum Gasteiger partial charge on any atom is 0.224 e. The molecule has 0 aromatic carbocycles. The first-order chi connectivity index (χ1) is 6.81. The molecule has 0 amide bonds. The van der Waals surface area contributed by atoms with E-state index in [4.69, 9.17) is 0 Å². The Kier molecular flexibility index (Phi) is 2.14. The van der Waals surface area contributed by atoms with Crippen LogP contribution in [0.3, 0.4) is 0 Å². The highest BCUT2D eigenvalue weighted by Gasteiger charge is 2.04. The van der Waals surface area contributed by atoms with Gasteiger partial charge in [0.15, 0.2) is 5.82 Å². The smallest absolute Gasteiger partial charge is 0.224 e. The first kappa shape index (κ1) is 8.68. The van der Waals surface area contributed by atoms with Gasteiger partial charge in [-0.25, -0.2) is 9.67 Å². The molecule has 0 bridgehead atoms. The molecule has 14 heavy (non-hydrogen) atoms. The molecular formula is C9H11N5. The molecule has 0 unspecified atom stereocenters. The van der Waals surface area contributed by atoms with Crippen LogP contribution in [-0.2, 0) is 0 Å². The zero-order valence-corrected chi connectivity index (χ0v) is 8.10. The topological polar surface area (TPSA) is 55.6 Å². The van der Waals surface area contributed by atoms with Crippen LogP contribution in [0.25, 0.3) is 5.82 Å². The number of hydrogen-bond acceptors (Lipinski definition) is 4. The second-order valence-corrected chi connectivity index (χ2v) is 2.90. The Morgan fingerprint density at radius 1 is 1.43 bits per heavy atom. The number of nitrogens with zero attached hydrogens (tertiary/aromatic N) is 4. The van der Waals surface area contributed by atoms with E-state index in [0.29, 0.717) is 5.95 Å². The average molecular weight is 189 g/mol. The number of hydrogen-bond donors (Lipinski definition) is 1. The van der Waals surface area contributed by atoms with Gasteiger partial charge in [0.05, 0.1) is 0 Å². The first-order valence-electron chi connectivity index (χ1n) is 4.32. The molecule has 0 atom stereocenters. The summed E-state index contributed by atoms with van der Waals surface area (Å²) >= 11 is 0. The molecule has 0 radical (unpaired) electrons. The van der Waals surface area contributed by atoms with Gasteiger partial charge < -0.3 is 5.32 Å². The number of anilines is 1. The van der Waals surface area contributed by atoms with Gasteiger partial charge in [-0.2, -0.15) is 10.1 Å². The summed E-state index contributed by atoms with van der Waals surface area (Å²) in [5.41, 5.74) is 0.993. The Labute approximate surface area is 81.8 Å². The maximum atomic E-state index is 4.31. The van der Waals surface area contributed by atoms with Gasteiger partial charge in [-0.15, -0.1) is 0 Å². The van der Waals surface area contributed by atoms with Crippen LogP contribution in [0.2, 0.25) is 0 Å². The van der Waals surface area contributed by atoms with Gasteiger partial charge in [-0.05, 0) is 13.0 Å². The minimum Gasteiger partial charge on any atom is -0.357 e. The van der Waals surface area contributed by atoms with Crippen molar-refractivity contribution < 1.29 is 0 Å². The van der Waals surface area contributed by atoms with E-state index in [1.54, 1.807) is 24.1 Å².